The predicted octanol–water partition coefficient (Wildman–Crippen LogP) is 1.83. The van der Waals surface area contributed by atoms with Crippen LogP contribution in [0.1, 0.15) is 5.56 Å². The monoisotopic (exact) mass is 295 g/mol. The van der Waals surface area contributed by atoms with Crippen molar-refractivity contribution in [2.45, 2.75) is 6.54 Å². The van der Waals surface area contributed by atoms with Gasteiger partial charge in [0.05, 0.1) is 31.7 Å². The van der Waals surface area contributed by atoms with Gasteiger partial charge in [-0.2, -0.15) is 5.10 Å². The van der Waals surface area contributed by atoms with E-state index in [0.717, 1.165) is 23.4 Å². The van der Waals surface area contributed by atoms with E-state index in [-0.39, 0.29) is 6.61 Å². The fraction of sp³-hybridized carbons (Fsp3) is 0.357. The van der Waals surface area contributed by atoms with Gasteiger partial charge < -0.3 is 15.2 Å². The first-order valence-corrected chi connectivity index (χ1v) is 6.86. The topological polar surface area (TPSA) is 70.2 Å². The Balaban J connectivity index is 1.89. The van der Waals surface area contributed by atoms with Crippen LogP contribution in [0, 0.1) is 0 Å². The summed E-state index contributed by atoms with van der Waals surface area (Å²) >= 11 is 6.00. The molecular formula is C14H18ClN3O2. The number of aromatic amines is 1. The first-order valence-electron chi connectivity index (χ1n) is 6.49. The van der Waals surface area contributed by atoms with Crippen LogP contribution in [0.2, 0.25) is 5.02 Å². The zero-order chi connectivity index (χ0) is 14.2. The highest BCUT2D eigenvalue weighted by atomic mass is 35.5. The SMILES string of the molecule is OCCOCCNCc1cn[nH]c1-c1cccc(Cl)c1. The molecular weight excluding hydrogens is 278 g/mol. The van der Waals surface area contributed by atoms with Crippen molar-refractivity contribution in [1.82, 2.24) is 15.5 Å². The largest absolute Gasteiger partial charge is 0.394 e. The number of hydrogen-bond donors (Lipinski definition) is 3. The smallest absolute Gasteiger partial charge is 0.0698 e. The van der Waals surface area contributed by atoms with Gasteiger partial charge >= 0.3 is 0 Å². The molecule has 1 aromatic heterocycles. The second-order valence-electron chi connectivity index (χ2n) is 4.29. The fourth-order valence-electron chi connectivity index (χ4n) is 1.87. The zero-order valence-electron chi connectivity index (χ0n) is 11.1. The lowest BCUT2D eigenvalue weighted by Crippen LogP contribution is -2.20. The summed E-state index contributed by atoms with van der Waals surface area (Å²) in [6.07, 6.45) is 1.80. The highest BCUT2D eigenvalue weighted by Crippen LogP contribution is 2.23. The predicted molar refractivity (Wildman–Crippen MR) is 78.6 cm³/mol. The van der Waals surface area contributed by atoms with Crippen LogP contribution in [-0.4, -0.2) is 41.7 Å². The normalized spacial score (nSPS) is 10.9. The molecule has 5 nitrogen and oxygen atoms in total. The molecule has 108 valence electrons. The first kappa shape index (κ1) is 15.0. The van der Waals surface area contributed by atoms with E-state index in [1.165, 1.54) is 0 Å². The van der Waals surface area contributed by atoms with E-state index in [1.54, 1.807) is 6.20 Å². The molecule has 0 saturated heterocycles. The molecule has 0 unspecified atom stereocenters. The maximum Gasteiger partial charge on any atom is 0.0698 e. The number of H-pyrrole nitrogens is 1. The number of aliphatic hydroxyl groups is 1. The number of hydrogen-bond acceptors (Lipinski definition) is 4. The Bertz CT molecular complexity index is 531. The highest BCUT2D eigenvalue weighted by Gasteiger charge is 2.07. The average molecular weight is 296 g/mol. The summed E-state index contributed by atoms with van der Waals surface area (Å²) in [7, 11) is 0. The van der Waals surface area contributed by atoms with Crippen molar-refractivity contribution in [3.8, 4) is 11.3 Å². The van der Waals surface area contributed by atoms with Gasteiger partial charge in [-0.1, -0.05) is 23.7 Å². The van der Waals surface area contributed by atoms with Gasteiger partial charge in [0.2, 0.25) is 0 Å². The second-order valence-corrected chi connectivity index (χ2v) is 4.73. The van der Waals surface area contributed by atoms with Gasteiger partial charge in [-0.25, -0.2) is 0 Å². The fourth-order valence-corrected chi connectivity index (χ4v) is 2.06. The van der Waals surface area contributed by atoms with Crippen molar-refractivity contribution in [1.29, 1.82) is 0 Å². The third-order valence-electron chi connectivity index (χ3n) is 2.81. The maximum absolute atomic E-state index is 8.59. The number of aromatic nitrogens is 2. The van der Waals surface area contributed by atoms with Crippen LogP contribution in [0.3, 0.4) is 0 Å². The zero-order valence-corrected chi connectivity index (χ0v) is 11.9. The van der Waals surface area contributed by atoms with Gasteiger partial charge in [0.25, 0.3) is 0 Å². The van der Waals surface area contributed by atoms with E-state index in [4.69, 9.17) is 21.4 Å². The van der Waals surface area contributed by atoms with Crippen LogP contribution >= 0.6 is 11.6 Å². The summed E-state index contributed by atoms with van der Waals surface area (Å²) in [6.45, 7) is 2.42. The van der Waals surface area contributed by atoms with Crippen molar-refractivity contribution >= 4 is 11.6 Å². The third-order valence-corrected chi connectivity index (χ3v) is 3.04. The van der Waals surface area contributed by atoms with Crippen molar-refractivity contribution in [3.63, 3.8) is 0 Å². The van der Waals surface area contributed by atoms with Crippen LogP contribution in [-0.2, 0) is 11.3 Å². The Morgan fingerprint density at radius 2 is 2.25 bits per heavy atom. The van der Waals surface area contributed by atoms with Gasteiger partial charge in [0, 0.05) is 29.2 Å². The molecule has 0 radical (unpaired) electrons. The Kier molecular flexibility index (Phi) is 6.01. The lowest BCUT2D eigenvalue weighted by molar-refractivity contribution is 0.0938. The summed E-state index contributed by atoms with van der Waals surface area (Å²) < 4.78 is 5.18. The number of rotatable bonds is 8. The Morgan fingerprint density at radius 1 is 1.35 bits per heavy atom. The quantitative estimate of drug-likeness (QED) is 0.650. The van der Waals surface area contributed by atoms with E-state index in [9.17, 15) is 0 Å². The molecule has 2 rings (SSSR count). The molecule has 20 heavy (non-hydrogen) atoms. The Labute approximate surface area is 122 Å². The van der Waals surface area contributed by atoms with E-state index in [0.29, 0.717) is 24.8 Å². The third kappa shape index (κ3) is 4.31. The number of halogens is 1. The van der Waals surface area contributed by atoms with Crippen molar-refractivity contribution in [2.75, 3.05) is 26.4 Å². The molecule has 1 aromatic carbocycles. The molecule has 0 aliphatic rings. The molecule has 0 fully saturated rings. The Hall–Kier alpha value is -1.40. The number of ether oxygens (including phenoxy) is 1. The van der Waals surface area contributed by atoms with Crippen LogP contribution in [0.5, 0.6) is 0 Å². The summed E-state index contributed by atoms with van der Waals surface area (Å²) in [6, 6.07) is 7.66. The molecule has 0 bridgehead atoms. The van der Waals surface area contributed by atoms with Crippen molar-refractivity contribution < 1.29 is 9.84 Å². The standard InChI is InChI=1S/C14H18ClN3O2/c15-13-3-1-2-11(8-13)14-12(10-17-18-14)9-16-4-6-20-7-5-19/h1-3,8,10,16,19H,4-7,9H2,(H,17,18). The molecule has 0 atom stereocenters. The minimum Gasteiger partial charge on any atom is -0.394 e. The minimum atomic E-state index is 0.0562. The molecule has 0 saturated carbocycles. The van der Waals surface area contributed by atoms with Gasteiger partial charge in [-0.15, -0.1) is 0 Å². The van der Waals surface area contributed by atoms with Crippen LogP contribution < -0.4 is 5.32 Å². The molecule has 0 aliphatic heterocycles. The molecule has 2 aromatic rings. The Morgan fingerprint density at radius 3 is 3.05 bits per heavy atom. The highest BCUT2D eigenvalue weighted by molar-refractivity contribution is 6.30. The molecule has 0 aliphatic carbocycles. The number of nitrogens with zero attached hydrogens (tertiary/aromatic N) is 1. The van der Waals surface area contributed by atoms with Crippen molar-refractivity contribution in [3.05, 3.63) is 41.0 Å². The molecule has 0 amide bonds. The number of nitrogens with one attached hydrogen (secondary N) is 2. The molecule has 0 spiro atoms. The molecule has 1 heterocycles. The van der Waals surface area contributed by atoms with Gasteiger partial charge in [0.1, 0.15) is 0 Å². The molecule has 3 N–H and O–H groups in total. The lowest BCUT2D eigenvalue weighted by atomic mass is 10.1. The summed E-state index contributed by atoms with van der Waals surface area (Å²) in [5, 5.41) is 19.6. The minimum absolute atomic E-state index is 0.0562. The van der Waals surface area contributed by atoms with E-state index in [2.05, 4.69) is 15.5 Å². The van der Waals surface area contributed by atoms with Crippen LogP contribution in [0.15, 0.2) is 30.5 Å². The lowest BCUT2D eigenvalue weighted by Gasteiger charge is -2.06. The van der Waals surface area contributed by atoms with Gasteiger partial charge in [0.15, 0.2) is 0 Å². The second kappa shape index (κ2) is 8.01. The average Bonchev–Trinajstić information content (AvgIpc) is 2.91. The van der Waals surface area contributed by atoms with Crippen LogP contribution in [0.25, 0.3) is 11.3 Å². The summed E-state index contributed by atoms with van der Waals surface area (Å²) in [4.78, 5) is 0. The van der Waals surface area contributed by atoms with Gasteiger partial charge in [-0.3, -0.25) is 5.10 Å². The maximum atomic E-state index is 8.59. The van der Waals surface area contributed by atoms with E-state index in [1.807, 2.05) is 24.3 Å². The first-order chi connectivity index (χ1) is 9.81. The van der Waals surface area contributed by atoms with E-state index >= 15 is 0 Å². The molecule has 6 heteroatoms. The van der Waals surface area contributed by atoms with Crippen LogP contribution in [0.4, 0.5) is 0 Å². The van der Waals surface area contributed by atoms with E-state index < -0.39 is 0 Å². The summed E-state index contributed by atoms with van der Waals surface area (Å²) in [5.41, 5.74) is 3.06. The number of benzene rings is 1. The van der Waals surface area contributed by atoms with Gasteiger partial charge in [-0.05, 0) is 12.1 Å². The summed E-state index contributed by atoms with van der Waals surface area (Å²) in [5.74, 6) is 0. The van der Waals surface area contributed by atoms with Crippen molar-refractivity contribution in [2.24, 2.45) is 0 Å². The number of aliphatic hydroxyl groups excluding tert-OH is 1.